The molecule has 1 fully saturated rings. The SMILES string of the molecule is C=C[C@H]1CC[C@H](Cn2ccc3nc(C(=N)OC(N)=O)nc(-c4cncc(Cl)c4)c32)CC1. The summed E-state index contributed by atoms with van der Waals surface area (Å²) >= 11 is 6.16. The summed E-state index contributed by atoms with van der Waals surface area (Å²) in [5, 5.41) is 8.45. The van der Waals surface area contributed by atoms with Gasteiger partial charge in [0.05, 0.1) is 16.1 Å². The van der Waals surface area contributed by atoms with Gasteiger partial charge in [0.2, 0.25) is 5.82 Å². The van der Waals surface area contributed by atoms with Crippen molar-refractivity contribution < 1.29 is 9.53 Å². The van der Waals surface area contributed by atoms with E-state index in [1.165, 1.54) is 0 Å². The summed E-state index contributed by atoms with van der Waals surface area (Å²) in [6, 6.07) is 3.63. The van der Waals surface area contributed by atoms with E-state index in [9.17, 15) is 4.79 Å². The Morgan fingerprint density at radius 1 is 1.32 bits per heavy atom. The van der Waals surface area contributed by atoms with Gasteiger partial charge in [-0.15, -0.1) is 6.58 Å². The smallest absolute Gasteiger partial charge is 0.388 e. The number of nitrogens with one attached hydrogen (secondary N) is 1. The standard InChI is InChI=1S/C22H23ClN6O2/c1-2-13-3-5-14(6-4-13)12-29-8-7-17-19(29)18(15-9-16(23)11-26-10-15)28-21(27-17)20(24)31-22(25)30/h2,7-11,13-14,24H,1,3-6,12H2,(H2,25,30)/t13-,14-. The number of amides is 1. The Kier molecular flexibility index (Phi) is 5.99. The number of carbonyl (C=O) groups is 1. The summed E-state index contributed by atoms with van der Waals surface area (Å²) < 4.78 is 6.84. The molecular formula is C22H23ClN6O2. The van der Waals surface area contributed by atoms with Gasteiger partial charge in [-0.05, 0) is 49.7 Å². The van der Waals surface area contributed by atoms with E-state index in [2.05, 4.69) is 36.9 Å². The fraction of sp³-hybridized carbons (Fsp3) is 0.318. The van der Waals surface area contributed by atoms with Crippen molar-refractivity contribution >= 4 is 34.6 Å². The molecule has 0 aliphatic heterocycles. The van der Waals surface area contributed by atoms with E-state index in [0.717, 1.165) is 37.7 Å². The molecule has 0 aromatic carbocycles. The number of rotatable bonds is 5. The first-order valence-corrected chi connectivity index (χ1v) is 10.5. The molecule has 3 aromatic heterocycles. The first-order chi connectivity index (χ1) is 14.9. The van der Waals surface area contributed by atoms with Crippen LogP contribution < -0.4 is 5.73 Å². The summed E-state index contributed by atoms with van der Waals surface area (Å²) in [4.78, 5) is 24.2. The Labute approximate surface area is 184 Å². The molecule has 8 nitrogen and oxygen atoms in total. The van der Waals surface area contributed by atoms with Crippen LogP contribution in [0.15, 0.2) is 43.4 Å². The number of hydrogen-bond donors (Lipinski definition) is 2. The summed E-state index contributed by atoms with van der Waals surface area (Å²) in [7, 11) is 0. The zero-order valence-corrected chi connectivity index (χ0v) is 17.7. The second-order valence-corrected chi connectivity index (χ2v) is 8.19. The second kappa shape index (κ2) is 8.85. The molecule has 0 atom stereocenters. The molecule has 0 bridgehead atoms. The number of carbonyl (C=O) groups excluding carboxylic acids is 1. The lowest BCUT2D eigenvalue weighted by atomic mass is 9.82. The second-order valence-electron chi connectivity index (χ2n) is 7.76. The number of halogens is 1. The van der Waals surface area contributed by atoms with Crippen LogP contribution >= 0.6 is 11.6 Å². The average molecular weight is 439 g/mol. The highest BCUT2D eigenvalue weighted by molar-refractivity contribution is 6.30. The minimum atomic E-state index is -1.09. The van der Waals surface area contributed by atoms with Crippen molar-refractivity contribution in [2.24, 2.45) is 17.6 Å². The lowest BCUT2D eigenvalue weighted by Gasteiger charge is -2.27. The molecule has 1 aliphatic carbocycles. The van der Waals surface area contributed by atoms with Crippen molar-refractivity contribution in [2.75, 3.05) is 0 Å². The first kappa shape index (κ1) is 21.0. The zero-order chi connectivity index (χ0) is 22.0. The largest absolute Gasteiger partial charge is 0.411 e. The van der Waals surface area contributed by atoms with Gasteiger partial charge in [0.1, 0.15) is 5.69 Å². The Morgan fingerprint density at radius 2 is 2.10 bits per heavy atom. The molecular weight excluding hydrogens is 416 g/mol. The van der Waals surface area contributed by atoms with Gasteiger partial charge in [0.25, 0.3) is 5.90 Å². The van der Waals surface area contributed by atoms with Crippen LogP contribution in [0.2, 0.25) is 5.02 Å². The van der Waals surface area contributed by atoms with Crippen molar-refractivity contribution in [3.63, 3.8) is 0 Å². The lowest BCUT2D eigenvalue weighted by molar-refractivity contribution is 0.207. The van der Waals surface area contributed by atoms with Crippen molar-refractivity contribution in [1.29, 1.82) is 5.41 Å². The maximum Gasteiger partial charge on any atom is 0.411 e. The van der Waals surface area contributed by atoms with Gasteiger partial charge in [0, 0.05) is 30.7 Å². The topological polar surface area (TPSA) is 120 Å². The zero-order valence-electron chi connectivity index (χ0n) is 16.9. The van der Waals surface area contributed by atoms with Gasteiger partial charge in [0.15, 0.2) is 0 Å². The van der Waals surface area contributed by atoms with E-state index in [-0.39, 0.29) is 5.82 Å². The maximum absolute atomic E-state index is 11.1. The van der Waals surface area contributed by atoms with Crippen molar-refractivity contribution in [2.45, 2.75) is 32.2 Å². The highest BCUT2D eigenvalue weighted by Crippen LogP contribution is 2.33. The number of allylic oxidation sites excluding steroid dienone is 1. The minimum absolute atomic E-state index is 0.0366. The Morgan fingerprint density at radius 3 is 2.77 bits per heavy atom. The Bertz CT molecular complexity index is 1150. The molecule has 4 rings (SSSR count). The normalized spacial score (nSPS) is 18.6. The fourth-order valence-electron chi connectivity index (χ4n) is 4.13. The van der Waals surface area contributed by atoms with Gasteiger partial charge in [-0.2, -0.15) is 0 Å². The van der Waals surface area contributed by atoms with Gasteiger partial charge in [-0.3, -0.25) is 10.4 Å². The van der Waals surface area contributed by atoms with Crippen LogP contribution in [0.3, 0.4) is 0 Å². The van der Waals surface area contributed by atoms with Gasteiger partial charge in [-0.25, -0.2) is 14.8 Å². The highest BCUT2D eigenvalue weighted by atomic mass is 35.5. The van der Waals surface area contributed by atoms with Gasteiger partial charge >= 0.3 is 6.09 Å². The predicted molar refractivity (Wildman–Crippen MR) is 119 cm³/mol. The van der Waals surface area contributed by atoms with E-state index < -0.39 is 12.0 Å². The molecule has 3 N–H and O–H groups in total. The minimum Gasteiger partial charge on any atom is -0.388 e. The average Bonchev–Trinajstić information content (AvgIpc) is 3.16. The fourth-order valence-corrected chi connectivity index (χ4v) is 4.31. The number of hydrogen-bond acceptors (Lipinski definition) is 6. The molecule has 31 heavy (non-hydrogen) atoms. The summed E-state index contributed by atoms with van der Waals surface area (Å²) in [6.07, 6.45) is 10.7. The summed E-state index contributed by atoms with van der Waals surface area (Å²) in [5.41, 5.74) is 7.76. The van der Waals surface area contributed by atoms with Crippen LogP contribution in [0, 0.1) is 17.2 Å². The molecule has 1 amide bonds. The molecule has 0 unspecified atom stereocenters. The molecule has 1 saturated carbocycles. The van der Waals surface area contributed by atoms with Crippen LogP contribution in [0.25, 0.3) is 22.3 Å². The molecule has 160 valence electrons. The molecule has 0 radical (unpaired) electrons. The molecule has 1 aliphatic rings. The number of ether oxygens (including phenoxy) is 1. The van der Waals surface area contributed by atoms with Crippen LogP contribution in [0.1, 0.15) is 31.5 Å². The monoisotopic (exact) mass is 438 g/mol. The number of nitrogens with zero attached hydrogens (tertiary/aromatic N) is 4. The van der Waals surface area contributed by atoms with Crippen LogP contribution in [-0.4, -0.2) is 31.5 Å². The molecule has 3 heterocycles. The maximum atomic E-state index is 11.1. The highest BCUT2D eigenvalue weighted by Gasteiger charge is 2.23. The number of pyridine rings is 1. The molecule has 3 aromatic rings. The third-order valence-electron chi connectivity index (χ3n) is 5.67. The number of nitrogens with two attached hydrogens (primary N) is 1. The predicted octanol–water partition coefficient (Wildman–Crippen LogP) is 4.56. The van der Waals surface area contributed by atoms with Crippen molar-refractivity contribution in [3.8, 4) is 11.3 Å². The third kappa shape index (κ3) is 4.59. The Hall–Kier alpha value is -3.26. The van der Waals surface area contributed by atoms with Crippen LogP contribution in [0.5, 0.6) is 0 Å². The summed E-state index contributed by atoms with van der Waals surface area (Å²) in [6.45, 7) is 4.76. The van der Waals surface area contributed by atoms with Crippen molar-refractivity contribution in [1.82, 2.24) is 19.5 Å². The summed E-state index contributed by atoms with van der Waals surface area (Å²) in [5.74, 6) is 0.605. The van der Waals surface area contributed by atoms with E-state index in [1.54, 1.807) is 18.5 Å². The van der Waals surface area contributed by atoms with E-state index >= 15 is 0 Å². The number of aromatic nitrogens is 4. The van der Waals surface area contributed by atoms with Crippen molar-refractivity contribution in [3.05, 3.63) is 54.2 Å². The molecule has 9 heteroatoms. The van der Waals surface area contributed by atoms with Gasteiger partial charge in [-0.1, -0.05) is 17.7 Å². The molecule has 0 spiro atoms. The number of primary amides is 1. The van der Waals surface area contributed by atoms with E-state index in [0.29, 0.717) is 33.6 Å². The van der Waals surface area contributed by atoms with E-state index in [4.69, 9.17) is 22.7 Å². The van der Waals surface area contributed by atoms with Crippen LogP contribution in [-0.2, 0) is 11.3 Å². The lowest BCUT2D eigenvalue weighted by Crippen LogP contribution is -2.21. The van der Waals surface area contributed by atoms with Crippen LogP contribution in [0.4, 0.5) is 4.79 Å². The van der Waals surface area contributed by atoms with E-state index in [1.807, 2.05) is 12.3 Å². The Balaban J connectivity index is 1.76. The quantitative estimate of drug-likeness (QED) is 0.343. The van der Waals surface area contributed by atoms with Gasteiger partial charge < -0.3 is 15.0 Å². The molecule has 0 saturated heterocycles. The first-order valence-electron chi connectivity index (χ1n) is 10.1. The third-order valence-corrected chi connectivity index (χ3v) is 5.88. The number of fused-ring (bicyclic) bond motifs is 1.